The number of nitrogen functional groups attached to an aromatic ring is 1. The molecule has 1 heterocycles. The lowest BCUT2D eigenvalue weighted by Crippen LogP contribution is -2.28. The quantitative estimate of drug-likeness (QED) is 0.515. The first-order valence-electron chi connectivity index (χ1n) is 5.00. The van der Waals surface area contributed by atoms with Gasteiger partial charge >= 0.3 is 15.6 Å². The first-order valence-corrected chi connectivity index (χ1v) is 7.22. The summed E-state index contributed by atoms with van der Waals surface area (Å²) in [6.07, 6.45) is 0. The van der Waals surface area contributed by atoms with Crippen LogP contribution in [0.4, 0.5) is 22.6 Å². The summed E-state index contributed by atoms with van der Waals surface area (Å²) in [5.74, 6) is -2.56. The Morgan fingerprint density at radius 1 is 1.33 bits per heavy atom. The molecule has 0 fully saturated rings. The standard InChI is InChI=1S/C10H4F4N2O3S2/c11-5-1-2-6-7(4(3-15)9(16)20-6)8(5)19-21(17,18)10(12,13)14/h1-2H,16H2. The highest BCUT2D eigenvalue weighted by Gasteiger charge is 2.49. The van der Waals surface area contributed by atoms with E-state index in [1.807, 2.05) is 0 Å². The van der Waals surface area contributed by atoms with E-state index in [-0.39, 0.29) is 15.3 Å². The second-order valence-corrected chi connectivity index (χ2v) is 6.31. The Hall–Kier alpha value is -2.06. The molecule has 0 bridgehead atoms. The van der Waals surface area contributed by atoms with Gasteiger partial charge in [-0.25, -0.2) is 4.39 Å². The fraction of sp³-hybridized carbons (Fsp3) is 0.100. The van der Waals surface area contributed by atoms with Gasteiger partial charge in [-0.1, -0.05) is 0 Å². The van der Waals surface area contributed by atoms with Gasteiger partial charge in [-0.3, -0.25) is 0 Å². The predicted octanol–water partition coefficient (Wildman–Crippen LogP) is 2.72. The molecule has 1 aromatic heterocycles. The monoisotopic (exact) mass is 340 g/mol. The van der Waals surface area contributed by atoms with E-state index in [4.69, 9.17) is 11.0 Å². The number of nitriles is 1. The lowest BCUT2D eigenvalue weighted by molar-refractivity contribution is -0.0500. The molecule has 0 unspecified atom stereocenters. The summed E-state index contributed by atoms with van der Waals surface area (Å²) in [4.78, 5) is 0. The largest absolute Gasteiger partial charge is 0.534 e. The van der Waals surface area contributed by atoms with Crippen molar-refractivity contribution in [3.63, 3.8) is 0 Å². The number of hydrogen-bond acceptors (Lipinski definition) is 6. The molecule has 0 spiro atoms. The van der Waals surface area contributed by atoms with Crippen molar-refractivity contribution >= 4 is 36.5 Å². The summed E-state index contributed by atoms with van der Waals surface area (Å²) in [6, 6.07) is 3.45. The van der Waals surface area contributed by atoms with Crippen molar-refractivity contribution in [2.45, 2.75) is 5.51 Å². The predicted molar refractivity (Wildman–Crippen MR) is 66.5 cm³/mol. The van der Waals surface area contributed by atoms with E-state index in [1.165, 1.54) is 0 Å². The molecule has 0 aliphatic rings. The van der Waals surface area contributed by atoms with Crippen molar-refractivity contribution < 1.29 is 30.2 Å². The summed E-state index contributed by atoms with van der Waals surface area (Å²) >= 11 is 0.792. The van der Waals surface area contributed by atoms with Crippen LogP contribution in [0.3, 0.4) is 0 Å². The zero-order chi connectivity index (χ0) is 16.0. The van der Waals surface area contributed by atoms with Crippen molar-refractivity contribution in [3.05, 3.63) is 23.5 Å². The first-order chi connectivity index (χ1) is 9.58. The van der Waals surface area contributed by atoms with Crippen LogP contribution in [0.2, 0.25) is 0 Å². The SMILES string of the molecule is N#Cc1c(N)sc2ccc(F)c(OS(=O)(=O)C(F)(F)F)c12. The number of hydrogen-bond donors (Lipinski definition) is 1. The van der Waals surface area contributed by atoms with Gasteiger partial charge < -0.3 is 9.92 Å². The van der Waals surface area contributed by atoms with Crippen molar-refractivity contribution in [2.24, 2.45) is 0 Å². The highest BCUT2D eigenvalue weighted by Crippen LogP contribution is 2.41. The number of benzene rings is 1. The van der Waals surface area contributed by atoms with Crippen LogP contribution >= 0.6 is 11.3 Å². The minimum Gasteiger partial charge on any atom is -0.389 e. The van der Waals surface area contributed by atoms with E-state index in [0.29, 0.717) is 0 Å². The maximum absolute atomic E-state index is 13.7. The number of halogens is 4. The zero-order valence-electron chi connectivity index (χ0n) is 9.73. The van der Waals surface area contributed by atoms with E-state index >= 15 is 0 Å². The summed E-state index contributed by atoms with van der Waals surface area (Å²) in [5, 5.41) is 8.41. The molecule has 2 N–H and O–H groups in total. The van der Waals surface area contributed by atoms with Crippen LogP contribution in [0, 0.1) is 17.1 Å². The van der Waals surface area contributed by atoms with E-state index in [1.54, 1.807) is 6.07 Å². The second-order valence-electron chi connectivity index (χ2n) is 3.69. The summed E-state index contributed by atoms with van der Waals surface area (Å²) in [5.41, 5.74) is -0.593. The van der Waals surface area contributed by atoms with Crippen LogP contribution < -0.4 is 9.92 Å². The molecule has 0 saturated heterocycles. The molecule has 2 aromatic rings. The van der Waals surface area contributed by atoms with E-state index < -0.39 is 32.6 Å². The van der Waals surface area contributed by atoms with Gasteiger partial charge in [0, 0.05) is 4.70 Å². The molecule has 0 saturated carbocycles. The van der Waals surface area contributed by atoms with Gasteiger partial charge in [-0.2, -0.15) is 26.9 Å². The van der Waals surface area contributed by atoms with Crippen LogP contribution in [0.5, 0.6) is 5.75 Å². The molecule has 2 rings (SSSR count). The summed E-state index contributed by atoms with van der Waals surface area (Å²) in [6.45, 7) is 0. The van der Waals surface area contributed by atoms with Crippen LogP contribution in [-0.2, 0) is 10.1 Å². The van der Waals surface area contributed by atoms with Crippen LogP contribution in [0.15, 0.2) is 12.1 Å². The Labute approximate surface area is 119 Å². The van der Waals surface area contributed by atoms with Crippen LogP contribution in [0.25, 0.3) is 10.1 Å². The van der Waals surface area contributed by atoms with E-state index in [9.17, 15) is 26.0 Å². The molecule has 0 atom stereocenters. The van der Waals surface area contributed by atoms with E-state index in [0.717, 1.165) is 23.5 Å². The average Bonchev–Trinajstić information content (AvgIpc) is 2.67. The zero-order valence-corrected chi connectivity index (χ0v) is 11.4. The maximum Gasteiger partial charge on any atom is 0.534 e. The summed E-state index contributed by atoms with van der Waals surface area (Å²) < 4.78 is 76.6. The Bertz CT molecular complexity index is 865. The Kier molecular flexibility index (Phi) is 3.46. The lowest BCUT2D eigenvalue weighted by Gasteiger charge is -2.11. The Morgan fingerprint density at radius 2 is 1.95 bits per heavy atom. The molecule has 0 aliphatic carbocycles. The van der Waals surface area contributed by atoms with Crippen molar-refractivity contribution in [1.82, 2.24) is 0 Å². The van der Waals surface area contributed by atoms with Gasteiger partial charge in [0.25, 0.3) is 0 Å². The lowest BCUT2D eigenvalue weighted by atomic mass is 10.1. The van der Waals surface area contributed by atoms with Gasteiger partial charge in [0.2, 0.25) is 0 Å². The minimum absolute atomic E-state index is 0.0904. The Morgan fingerprint density at radius 3 is 2.48 bits per heavy atom. The molecule has 0 radical (unpaired) electrons. The average molecular weight is 340 g/mol. The minimum atomic E-state index is -6.07. The first kappa shape index (κ1) is 15.3. The molecular weight excluding hydrogens is 336 g/mol. The molecule has 112 valence electrons. The molecule has 0 aliphatic heterocycles. The highest BCUT2D eigenvalue weighted by molar-refractivity contribution is 7.88. The highest BCUT2D eigenvalue weighted by atomic mass is 32.2. The molecular formula is C10H4F4N2O3S2. The third-order valence-electron chi connectivity index (χ3n) is 2.38. The van der Waals surface area contributed by atoms with Crippen molar-refractivity contribution in [1.29, 1.82) is 5.26 Å². The third kappa shape index (κ3) is 2.47. The normalized spacial score (nSPS) is 12.3. The van der Waals surface area contributed by atoms with Gasteiger partial charge in [0.1, 0.15) is 11.1 Å². The third-order valence-corrected chi connectivity index (χ3v) is 4.31. The van der Waals surface area contributed by atoms with Crippen LogP contribution in [0.1, 0.15) is 5.56 Å². The maximum atomic E-state index is 13.7. The van der Waals surface area contributed by atoms with Crippen molar-refractivity contribution in [3.8, 4) is 11.8 Å². The second kappa shape index (κ2) is 4.74. The number of thiophene rings is 1. The number of fused-ring (bicyclic) bond motifs is 1. The molecule has 0 amide bonds. The molecule has 11 heteroatoms. The topological polar surface area (TPSA) is 93.2 Å². The molecule has 5 nitrogen and oxygen atoms in total. The Balaban J connectivity index is 2.76. The van der Waals surface area contributed by atoms with Crippen molar-refractivity contribution in [2.75, 3.05) is 5.73 Å². The number of nitrogens with zero attached hydrogens (tertiary/aromatic N) is 1. The molecule has 1 aromatic carbocycles. The van der Waals surface area contributed by atoms with E-state index in [2.05, 4.69) is 4.18 Å². The smallest absolute Gasteiger partial charge is 0.389 e. The van der Waals surface area contributed by atoms with Gasteiger partial charge in [0.15, 0.2) is 11.6 Å². The fourth-order valence-electron chi connectivity index (χ4n) is 1.50. The number of alkyl halides is 3. The number of nitrogens with two attached hydrogens (primary N) is 1. The molecule has 21 heavy (non-hydrogen) atoms. The number of anilines is 1. The van der Waals surface area contributed by atoms with Gasteiger partial charge in [-0.15, -0.1) is 11.3 Å². The van der Waals surface area contributed by atoms with Crippen LogP contribution in [-0.4, -0.2) is 13.9 Å². The number of rotatable bonds is 2. The fourth-order valence-corrected chi connectivity index (χ4v) is 2.90. The van der Waals surface area contributed by atoms with Gasteiger partial charge in [-0.05, 0) is 12.1 Å². The van der Waals surface area contributed by atoms with Gasteiger partial charge in [0.05, 0.1) is 10.9 Å². The summed E-state index contributed by atoms with van der Waals surface area (Å²) in [7, 11) is -6.07.